The molecule has 140 valence electrons. The van der Waals surface area contributed by atoms with Gasteiger partial charge in [0.2, 0.25) is 0 Å². The predicted molar refractivity (Wildman–Crippen MR) is 90.0 cm³/mol. The fourth-order valence-corrected chi connectivity index (χ4v) is 2.56. The summed E-state index contributed by atoms with van der Waals surface area (Å²) in [5.41, 5.74) is 0.268. The lowest BCUT2D eigenvalue weighted by Gasteiger charge is -2.20. The second kappa shape index (κ2) is 8.79. The minimum absolute atomic E-state index is 0.00466. The van der Waals surface area contributed by atoms with E-state index in [9.17, 15) is 24.5 Å². The topological polar surface area (TPSA) is 128 Å². The fraction of sp³-hybridized carbons (Fsp3) is 0.438. The molecule has 0 bridgehead atoms. The molecule has 1 fully saturated rings. The molecule has 0 radical (unpaired) electrons. The maximum absolute atomic E-state index is 12.3. The molecule has 0 spiro atoms. The van der Waals surface area contributed by atoms with Gasteiger partial charge < -0.3 is 14.4 Å². The molecule has 1 aliphatic heterocycles. The van der Waals surface area contributed by atoms with Crippen molar-refractivity contribution in [1.29, 1.82) is 0 Å². The van der Waals surface area contributed by atoms with Gasteiger partial charge >= 0.3 is 12.1 Å². The molecule has 2 rings (SSSR count). The average Bonchev–Trinajstić information content (AvgIpc) is 3.13. The highest BCUT2D eigenvalue weighted by atomic mass is 16.6. The van der Waals surface area contributed by atoms with E-state index in [0.29, 0.717) is 5.69 Å². The van der Waals surface area contributed by atoms with Crippen molar-refractivity contribution < 1.29 is 28.8 Å². The summed E-state index contributed by atoms with van der Waals surface area (Å²) in [5.74, 6) is -1.74. The van der Waals surface area contributed by atoms with Gasteiger partial charge in [0.15, 0.2) is 6.61 Å². The molecule has 1 heterocycles. The van der Waals surface area contributed by atoms with Crippen molar-refractivity contribution in [2.24, 2.45) is 0 Å². The Morgan fingerprint density at radius 1 is 1.23 bits per heavy atom. The molecule has 0 aliphatic carbocycles. The van der Waals surface area contributed by atoms with Crippen LogP contribution in [-0.4, -0.2) is 49.2 Å². The van der Waals surface area contributed by atoms with E-state index in [1.807, 2.05) is 10.2 Å². The number of nitrogens with one attached hydrogen (secondary N) is 1. The highest BCUT2D eigenvalue weighted by Gasteiger charge is 2.24. The minimum Gasteiger partial charge on any atom is -0.452 e. The van der Waals surface area contributed by atoms with E-state index >= 15 is 0 Å². The Bertz CT molecular complexity index is 714. The summed E-state index contributed by atoms with van der Waals surface area (Å²) in [5, 5.41) is 12.9. The van der Waals surface area contributed by atoms with Gasteiger partial charge in [-0.25, -0.2) is 9.59 Å². The molecular weight excluding hydrogens is 346 g/mol. The van der Waals surface area contributed by atoms with Crippen LogP contribution < -0.4 is 10.2 Å². The Morgan fingerprint density at radius 2 is 1.92 bits per heavy atom. The lowest BCUT2D eigenvalue weighted by molar-refractivity contribution is -0.384. The van der Waals surface area contributed by atoms with Crippen molar-refractivity contribution >= 4 is 29.3 Å². The zero-order valence-corrected chi connectivity index (χ0v) is 14.2. The molecule has 1 aliphatic rings. The Balaban J connectivity index is 2.10. The number of anilines is 1. The fourth-order valence-electron chi connectivity index (χ4n) is 2.56. The van der Waals surface area contributed by atoms with E-state index in [1.165, 1.54) is 12.1 Å². The first kappa shape index (κ1) is 19.2. The van der Waals surface area contributed by atoms with Gasteiger partial charge in [-0.3, -0.25) is 20.2 Å². The first-order valence-electron chi connectivity index (χ1n) is 8.09. The van der Waals surface area contributed by atoms with E-state index < -0.39 is 29.5 Å². The number of carbonyl (C=O) groups is 3. The van der Waals surface area contributed by atoms with E-state index in [2.05, 4.69) is 4.74 Å². The van der Waals surface area contributed by atoms with Crippen LogP contribution in [0, 0.1) is 10.1 Å². The number of nitrogens with zero attached hydrogens (tertiary/aromatic N) is 2. The summed E-state index contributed by atoms with van der Waals surface area (Å²) in [6, 6.07) is 3.94. The van der Waals surface area contributed by atoms with Crippen LogP contribution in [0.15, 0.2) is 18.2 Å². The lowest BCUT2D eigenvalue weighted by atomic mass is 10.1. The number of non-ortho nitro benzene ring substituents is 1. The van der Waals surface area contributed by atoms with Crippen LogP contribution in [0.4, 0.5) is 16.2 Å². The second-order valence-electron chi connectivity index (χ2n) is 5.50. The summed E-state index contributed by atoms with van der Waals surface area (Å²) in [4.78, 5) is 47.4. The number of carbonyl (C=O) groups excluding carboxylic acids is 3. The van der Waals surface area contributed by atoms with Crippen molar-refractivity contribution in [1.82, 2.24) is 5.32 Å². The standard InChI is InChI=1S/C16H19N3O7/c1-2-25-16(22)17-14(20)10-26-15(21)12-9-11(19(23)24)5-6-13(12)18-7-3-4-8-18/h5-6,9H,2-4,7-8,10H2,1H3,(H,17,20,22). The van der Waals surface area contributed by atoms with Crippen LogP contribution in [0.5, 0.6) is 0 Å². The third kappa shape index (κ3) is 4.91. The summed E-state index contributed by atoms with van der Waals surface area (Å²) < 4.78 is 9.44. The summed E-state index contributed by atoms with van der Waals surface area (Å²) >= 11 is 0. The number of imide groups is 1. The summed E-state index contributed by atoms with van der Waals surface area (Å²) in [6.45, 7) is 2.40. The molecule has 1 aromatic rings. The van der Waals surface area contributed by atoms with Gasteiger partial charge in [-0.05, 0) is 25.8 Å². The molecule has 1 N–H and O–H groups in total. The molecule has 10 nitrogen and oxygen atoms in total. The summed E-state index contributed by atoms with van der Waals surface area (Å²) in [6.07, 6.45) is 0.961. The van der Waals surface area contributed by atoms with Gasteiger partial charge in [-0.2, -0.15) is 0 Å². The molecule has 0 atom stereocenters. The number of nitro groups is 1. The molecule has 1 aromatic carbocycles. The van der Waals surface area contributed by atoms with Crippen LogP contribution in [0.3, 0.4) is 0 Å². The predicted octanol–water partition coefficient (Wildman–Crippen LogP) is 1.62. The van der Waals surface area contributed by atoms with Crippen molar-refractivity contribution in [3.05, 3.63) is 33.9 Å². The van der Waals surface area contributed by atoms with Crippen molar-refractivity contribution in [3.8, 4) is 0 Å². The van der Waals surface area contributed by atoms with Gasteiger partial charge in [0.05, 0.1) is 22.8 Å². The van der Waals surface area contributed by atoms with Crippen LogP contribution in [0.1, 0.15) is 30.1 Å². The van der Waals surface area contributed by atoms with Gasteiger partial charge in [0.25, 0.3) is 11.6 Å². The number of hydrogen-bond acceptors (Lipinski definition) is 8. The van der Waals surface area contributed by atoms with Crippen LogP contribution in [0.25, 0.3) is 0 Å². The van der Waals surface area contributed by atoms with E-state index in [-0.39, 0.29) is 17.9 Å². The van der Waals surface area contributed by atoms with Gasteiger partial charge in [-0.15, -0.1) is 0 Å². The molecule has 2 amide bonds. The quantitative estimate of drug-likeness (QED) is 0.457. The molecule has 0 unspecified atom stereocenters. The Kier molecular flexibility index (Phi) is 6.48. The number of esters is 1. The monoisotopic (exact) mass is 365 g/mol. The van der Waals surface area contributed by atoms with Gasteiger partial charge in [0.1, 0.15) is 0 Å². The normalized spacial score (nSPS) is 13.2. The average molecular weight is 365 g/mol. The number of alkyl carbamates (subject to hydrolysis) is 1. The Morgan fingerprint density at radius 3 is 2.54 bits per heavy atom. The number of nitro benzene ring substituents is 1. The number of ether oxygens (including phenoxy) is 2. The molecule has 0 saturated carbocycles. The second-order valence-corrected chi connectivity index (χ2v) is 5.50. The van der Waals surface area contributed by atoms with Gasteiger partial charge in [0, 0.05) is 25.2 Å². The van der Waals surface area contributed by atoms with Gasteiger partial charge in [-0.1, -0.05) is 0 Å². The van der Waals surface area contributed by atoms with Crippen molar-refractivity contribution in [3.63, 3.8) is 0 Å². The third-order valence-electron chi connectivity index (χ3n) is 3.71. The molecule has 10 heteroatoms. The molecule has 0 aromatic heterocycles. The minimum atomic E-state index is -0.943. The first-order chi connectivity index (χ1) is 12.4. The largest absolute Gasteiger partial charge is 0.452 e. The highest BCUT2D eigenvalue weighted by Crippen LogP contribution is 2.28. The lowest BCUT2D eigenvalue weighted by Crippen LogP contribution is -2.34. The van der Waals surface area contributed by atoms with E-state index in [4.69, 9.17) is 4.74 Å². The molecular formula is C16H19N3O7. The number of rotatable bonds is 6. The molecule has 26 heavy (non-hydrogen) atoms. The van der Waals surface area contributed by atoms with Crippen molar-refractivity contribution in [2.75, 3.05) is 31.2 Å². The van der Waals surface area contributed by atoms with E-state index in [0.717, 1.165) is 32.0 Å². The summed E-state index contributed by atoms with van der Waals surface area (Å²) in [7, 11) is 0. The Hall–Kier alpha value is -3.17. The zero-order chi connectivity index (χ0) is 19.1. The molecule has 1 saturated heterocycles. The highest BCUT2D eigenvalue weighted by molar-refractivity contribution is 5.99. The maximum Gasteiger partial charge on any atom is 0.413 e. The Labute approximate surface area is 149 Å². The third-order valence-corrected chi connectivity index (χ3v) is 3.71. The SMILES string of the molecule is CCOC(=O)NC(=O)COC(=O)c1cc([N+](=O)[O-])ccc1N1CCCC1. The maximum atomic E-state index is 12.3. The van der Waals surface area contributed by atoms with Crippen LogP contribution in [0.2, 0.25) is 0 Å². The number of benzene rings is 1. The van der Waals surface area contributed by atoms with Crippen LogP contribution >= 0.6 is 0 Å². The first-order valence-corrected chi connectivity index (χ1v) is 8.09. The van der Waals surface area contributed by atoms with Crippen molar-refractivity contribution in [2.45, 2.75) is 19.8 Å². The van der Waals surface area contributed by atoms with Crippen LogP contribution in [-0.2, 0) is 14.3 Å². The number of amides is 2. The zero-order valence-electron chi connectivity index (χ0n) is 14.2. The smallest absolute Gasteiger partial charge is 0.413 e. The van der Waals surface area contributed by atoms with E-state index in [1.54, 1.807) is 6.92 Å². The number of hydrogen-bond donors (Lipinski definition) is 1.